The lowest BCUT2D eigenvalue weighted by Gasteiger charge is -2.48. The van der Waals surface area contributed by atoms with Crippen LogP contribution in [0.25, 0.3) is 0 Å². The first-order valence-electron chi connectivity index (χ1n) is 9.82. The molecule has 1 aromatic heterocycles. The zero-order valence-electron chi connectivity index (χ0n) is 15.7. The molecule has 0 radical (unpaired) electrons. The molecule has 2 fully saturated rings. The van der Waals surface area contributed by atoms with Crippen molar-refractivity contribution in [2.75, 3.05) is 26.2 Å². The van der Waals surface area contributed by atoms with E-state index in [2.05, 4.69) is 49.7 Å². The van der Waals surface area contributed by atoms with Gasteiger partial charge in [-0.2, -0.15) is 0 Å². The summed E-state index contributed by atoms with van der Waals surface area (Å²) in [7, 11) is 2.03. The SMILES string of the molecule is Cn1cncc1CN1CC[C@@]2(CCCN2CCc2ccccc2)[C@@H](O)C1. The van der Waals surface area contributed by atoms with E-state index in [1.54, 1.807) is 0 Å². The van der Waals surface area contributed by atoms with Crippen molar-refractivity contribution in [1.29, 1.82) is 0 Å². The lowest BCUT2D eigenvalue weighted by atomic mass is 9.82. The number of piperidine rings is 1. The van der Waals surface area contributed by atoms with E-state index in [0.717, 1.165) is 52.0 Å². The Bertz CT molecular complexity index is 716. The van der Waals surface area contributed by atoms with E-state index in [9.17, 15) is 5.11 Å². The van der Waals surface area contributed by atoms with Gasteiger partial charge in [-0.15, -0.1) is 0 Å². The topological polar surface area (TPSA) is 44.5 Å². The van der Waals surface area contributed by atoms with E-state index in [0.29, 0.717) is 0 Å². The molecule has 2 aliphatic rings. The molecule has 1 N–H and O–H groups in total. The third kappa shape index (κ3) is 3.43. The first-order valence-corrected chi connectivity index (χ1v) is 9.82. The largest absolute Gasteiger partial charge is 0.390 e. The summed E-state index contributed by atoms with van der Waals surface area (Å²) in [6, 6.07) is 10.7. The van der Waals surface area contributed by atoms with Crippen molar-refractivity contribution in [3.63, 3.8) is 0 Å². The van der Waals surface area contributed by atoms with Crippen LogP contribution in [0.3, 0.4) is 0 Å². The van der Waals surface area contributed by atoms with Crippen LogP contribution in [-0.4, -0.2) is 62.3 Å². The number of rotatable bonds is 5. The maximum Gasteiger partial charge on any atom is 0.0945 e. The highest BCUT2D eigenvalue weighted by Gasteiger charge is 2.48. The van der Waals surface area contributed by atoms with Gasteiger partial charge >= 0.3 is 0 Å². The second-order valence-electron chi connectivity index (χ2n) is 7.93. The van der Waals surface area contributed by atoms with E-state index in [1.807, 2.05) is 19.6 Å². The minimum absolute atomic E-state index is 0.0161. The zero-order chi connectivity index (χ0) is 18.0. The molecule has 5 nitrogen and oxygen atoms in total. The molecule has 1 spiro atoms. The maximum atomic E-state index is 11.1. The van der Waals surface area contributed by atoms with Crippen LogP contribution in [-0.2, 0) is 20.0 Å². The monoisotopic (exact) mass is 354 g/mol. The highest BCUT2D eigenvalue weighted by molar-refractivity contribution is 5.15. The van der Waals surface area contributed by atoms with E-state index in [1.165, 1.54) is 17.7 Å². The van der Waals surface area contributed by atoms with Gasteiger partial charge in [0.05, 0.1) is 18.1 Å². The van der Waals surface area contributed by atoms with Gasteiger partial charge in [0.25, 0.3) is 0 Å². The molecule has 26 heavy (non-hydrogen) atoms. The number of hydrogen-bond donors (Lipinski definition) is 1. The number of aromatic nitrogens is 2. The van der Waals surface area contributed by atoms with Gasteiger partial charge in [0.2, 0.25) is 0 Å². The predicted molar refractivity (Wildman–Crippen MR) is 103 cm³/mol. The van der Waals surface area contributed by atoms with Crippen LogP contribution in [0.15, 0.2) is 42.9 Å². The van der Waals surface area contributed by atoms with Gasteiger partial charge in [0.15, 0.2) is 0 Å². The first-order chi connectivity index (χ1) is 12.7. The molecular formula is C21H30N4O. The molecule has 3 heterocycles. The highest BCUT2D eigenvalue weighted by atomic mass is 16.3. The fraction of sp³-hybridized carbons (Fsp3) is 0.571. The summed E-state index contributed by atoms with van der Waals surface area (Å²) in [5.41, 5.74) is 2.58. The summed E-state index contributed by atoms with van der Waals surface area (Å²) < 4.78 is 2.07. The van der Waals surface area contributed by atoms with Gasteiger partial charge in [-0.05, 0) is 37.8 Å². The van der Waals surface area contributed by atoms with Gasteiger partial charge in [-0.3, -0.25) is 9.80 Å². The molecule has 1 aromatic carbocycles. The fourth-order valence-corrected chi connectivity index (χ4v) is 4.79. The van der Waals surface area contributed by atoms with Crippen LogP contribution in [0.2, 0.25) is 0 Å². The predicted octanol–water partition coefficient (Wildman–Crippen LogP) is 2.06. The van der Waals surface area contributed by atoms with Crippen molar-refractivity contribution < 1.29 is 5.11 Å². The Labute approximate surface area is 156 Å². The number of aliphatic hydroxyl groups is 1. The minimum atomic E-state index is -0.275. The van der Waals surface area contributed by atoms with Crippen molar-refractivity contribution in [1.82, 2.24) is 19.4 Å². The molecule has 0 aliphatic carbocycles. The molecule has 5 heteroatoms. The Hall–Kier alpha value is -1.69. The van der Waals surface area contributed by atoms with Crippen LogP contribution < -0.4 is 0 Å². The standard InChI is InChI=1S/C21H30N4O/c1-23-17-22-14-19(23)15-24-13-10-21(20(26)16-24)9-5-11-25(21)12-8-18-6-3-2-4-7-18/h2-4,6-7,14,17,20,26H,5,8-13,15-16H2,1H3/t20-,21-/m0/s1. The summed E-state index contributed by atoms with van der Waals surface area (Å²) in [4.78, 5) is 9.16. The Morgan fingerprint density at radius 3 is 2.77 bits per heavy atom. The fourth-order valence-electron chi connectivity index (χ4n) is 4.79. The van der Waals surface area contributed by atoms with E-state index >= 15 is 0 Å². The lowest BCUT2D eigenvalue weighted by molar-refractivity contribution is -0.0652. The molecule has 140 valence electrons. The van der Waals surface area contributed by atoms with Crippen molar-refractivity contribution in [3.05, 3.63) is 54.1 Å². The molecule has 0 saturated carbocycles. The van der Waals surface area contributed by atoms with Gasteiger partial charge in [-0.1, -0.05) is 30.3 Å². The number of benzene rings is 1. The number of β-amino-alcohol motifs (C(OH)–C–C–N with tert-alkyl or cyclic N) is 1. The molecule has 0 unspecified atom stereocenters. The molecule has 2 aromatic rings. The van der Waals surface area contributed by atoms with Gasteiger partial charge in [0, 0.05) is 45.0 Å². The molecule has 2 saturated heterocycles. The third-order valence-corrected chi connectivity index (χ3v) is 6.40. The van der Waals surface area contributed by atoms with E-state index in [-0.39, 0.29) is 11.6 Å². The number of aryl methyl sites for hydroxylation is 1. The minimum Gasteiger partial charge on any atom is -0.390 e. The summed E-state index contributed by atoms with van der Waals surface area (Å²) >= 11 is 0. The van der Waals surface area contributed by atoms with Crippen LogP contribution in [0.5, 0.6) is 0 Å². The molecule has 0 bridgehead atoms. The Morgan fingerprint density at radius 1 is 1.19 bits per heavy atom. The summed E-state index contributed by atoms with van der Waals surface area (Å²) in [5.74, 6) is 0. The summed E-state index contributed by atoms with van der Waals surface area (Å²) in [6.45, 7) is 4.83. The lowest BCUT2D eigenvalue weighted by Crippen LogP contribution is -2.61. The molecule has 2 atom stereocenters. The number of nitrogens with zero attached hydrogens (tertiary/aromatic N) is 4. The van der Waals surface area contributed by atoms with Gasteiger partial charge < -0.3 is 9.67 Å². The Balaban J connectivity index is 1.39. The number of hydrogen-bond acceptors (Lipinski definition) is 4. The number of likely N-dealkylation sites (tertiary alicyclic amines) is 2. The summed E-state index contributed by atoms with van der Waals surface area (Å²) in [5, 5.41) is 11.1. The molecule has 2 aliphatic heterocycles. The van der Waals surface area contributed by atoms with Crippen LogP contribution >= 0.6 is 0 Å². The van der Waals surface area contributed by atoms with Crippen molar-refractivity contribution in [2.24, 2.45) is 7.05 Å². The van der Waals surface area contributed by atoms with Crippen molar-refractivity contribution in [3.8, 4) is 0 Å². The summed E-state index contributed by atoms with van der Waals surface area (Å²) in [6.07, 6.45) is 7.95. The Morgan fingerprint density at radius 2 is 2.04 bits per heavy atom. The molecular weight excluding hydrogens is 324 g/mol. The second-order valence-corrected chi connectivity index (χ2v) is 7.93. The maximum absolute atomic E-state index is 11.1. The molecule has 0 amide bonds. The first kappa shape index (κ1) is 17.7. The van der Waals surface area contributed by atoms with Crippen molar-refractivity contribution in [2.45, 2.75) is 43.9 Å². The highest BCUT2D eigenvalue weighted by Crippen LogP contribution is 2.39. The van der Waals surface area contributed by atoms with E-state index in [4.69, 9.17) is 0 Å². The average Bonchev–Trinajstić information content (AvgIpc) is 3.25. The zero-order valence-corrected chi connectivity index (χ0v) is 15.7. The van der Waals surface area contributed by atoms with Crippen molar-refractivity contribution >= 4 is 0 Å². The molecule has 4 rings (SSSR count). The number of imidazole rings is 1. The van der Waals surface area contributed by atoms with E-state index < -0.39 is 0 Å². The van der Waals surface area contributed by atoms with Gasteiger partial charge in [-0.25, -0.2) is 4.98 Å². The second kappa shape index (κ2) is 7.51. The Kier molecular flexibility index (Phi) is 5.11. The van der Waals surface area contributed by atoms with Gasteiger partial charge in [0.1, 0.15) is 0 Å². The smallest absolute Gasteiger partial charge is 0.0945 e. The third-order valence-electron chi connectivity index (χ3n) is 6.40. The van der Waals surface area contributed by atoms with Crippen LogP contribution in [0, 0.1) is 0 Å². The van der Waals surface area contributed by atoms with Crippen LogP contribution in [0.1, 0.15) is 30.5 Å². The number of aliphatic hydroxyl groups excluding tert-OH is 1. The average molecular weight is 354 g/mol. The van der Waals surface area contributed by atoms with Crippen LogP contribution in [0.4, 0.5) is 0 Å². The normalized spacial score (nSPS) is 27.4. The quantitative estimate of drug-likeness (QED) is 0.893.